The van der Waals surface area contributed by atoms with Crippen LogP contribution >= 0.6 is 0 Å². The number of hydrogen-bond acceptors (Lipinski definition) is 5. The molecule has 0 aliphatic rings. The molecule has 5 N–H and O–H groups in total. The van der Waals surface area contributed by atoms with Crippen molar-refractivity contribution < 1.29 is 31.1 Å². The summed E-state index contributed by atoms with van der Waals surface area (Å²) in [6, 6.07) is 3.44. The summed E-state index contributed by atoms with van der Waals surface area (Å²) in [5.41, 5.74) is 5.38. The van der Waals surface area contributed by atoms with Gasteiger partial charge in [0, 0.05) is 18.7 Å². The maximum Gasteiger partial charge on any atom is 0.320 e. The number of benzene rings is 1. The fourth-order valence-corrected chi connectivity index (χ4v) is 1.38. The smallest absolute Gasteiger partial charge is 0.320 e. The number of aliphatic carboxylic acids is 1. The van der Waals surface area contributed by atoms with Crippen molar-refractivity contribution >= 4 is 11.7 Å². The van der Waals surface area contributed by atoms with Gasteiger partial charge in [-0.1, -0.05) is 12.1 Å². The van der Waals surface area contributed by atoms with E-state index in [2.05, 4.69) is 0 Å². The van der Waals surface area contributed by atoms with E-state index in [1.54, 1.807) is 0 Å². The van der Waals surface area contributed by atoms with Crippen LogP contribution in [0.5, 0.6) is 0 Å². The van der Waals surface area contributed by atoms with Gasteiger partial charge in [-0.05, 0) is 24.1 Å². The number of nitrogens with two attached hydrogens (primary N) is 1. The van der Waals surface area contributed by atoms with Gasteiger partial charge in [-0.25, -0.2) is 0 Å². The van der Waals surface area contributed by atoms with Crippen molar-refractivity contribution in [2.45, 2.75) is 12.5 Å². The maximum atomic E-state index is 10.8. The van der Waals surface area contributed by atoms with E-state index in [1.807, 2.05) is 0 Å². The normalized spacial score (nSPS) is 21.4. The van der Waals surface area contributed by atoms with Crippen LogP contribution in [0.2, 0.25) is 0 Å². The van der Waals surface area contributed by atoms with E-state index in [-0.39, 0.29) is 11.3 Å². The second kappa shape index (κ2) is 7.73. The predicted octanol–water partition coefficient (Wildman–Crippen LogP) is -0.568. The van der Waals surface area contributed by atoms with Crippen molar-refractivity contribution in [3.05, 3.63) is 29.8 Å². The predicted molar refractivity (Wildman–Crippen MR) is 72.1 cm³/mol. The summed E-state index contributed by atoms with van der Waals surface area (Å²) in [4.78, 5) is 10.7. The number of carbonyl (C=O) groups is 1. The molecule has 1 aromatic carbocycles. The lowest BCUT2D eigenvalue weighted by molar-refractivity contribution is -0.138. The second-order valence-corrected chi connectivity index (χ2v) is 3.60. The Balaban J connectivity index is 3.43. The summed E-state index contributed by atoms with van der Waals surface area (Å²) in [5, 5.41) is 27.8. The van der Waals surface area contributed by atoms with Gasteiger partial charge in [-0.3, -0.25) is 4.79 Å². The molecule has 0 radical (unpaired) electrons. The highest BCUT2D eigenvalue weighted by atomic mass is 16.4. The van der Waals surface area contributed by atoms with E-state index in [1.165, 1.54) is 12.1 Å². The molecule has 106 valence electrons. The van der Waals surface area contributed by atoms with Gasteiger partial charge in [0.15, 0.2) is 0 Å². The summed E-state index contributed by atoms with van der Waals surface area (Å²) >= 11 is 0. The molecule has 0 heterocycles. The van der Waals surface area contributed by atoms with E-state index in [0.29, 0.717) is 5.56 Å². The molecular weight excluding hydrogens is 248 g/mol. The molecule has 0 aliphatic heterocycles. The Morgan fingerprint density at radius 3 is 2.21 bits per heavy atom. The van der Waals surface area contributed by atoms with Gasteiger partial charge in [0.05, 0.1) is 24.1 Å². The van der Waals surface area contributed by atoms with E-state index in [0.717, 1.165) is 12.1 Å². The lowest BCUT2D eigenvalue weighted by Gasteiger charge is -2.23. The van der Waals surface area contributed by atoms with Crippen LogP contribution in [0.4, 0.5) is 5.69 Å². The number of carboxylic acid groups (broad SMARTS) is 1. The SMILES string of the molecule is [2H]C([2H])(O)C([2H])([2H])N(c1ccc(C[C@H](N)C(=O)O)cc1)C([2H])([2H])C([2H])([2H])O. The average Bonchev–Trinajstić information content (AvgIpc) is 2.46. The Hall–Kier alpha value is -1.63. The van der Waals surface area contributed by atoms with E-state index in [9.17, 15) is 15.0 Å². The molecule has 0 saturated heterocycles. The van der Waals surface area contributed by atoms with Gasteiger partial charge in [0.1, 0.15) is 6.04 Å². The zero-order chi connectivity index (χ0) is 21.4. The standard InChI is InChI=1S/C13H20N2O4/c14-12(13(18)19)9-10-1-3-11(4-2-10)15(5-7-16)6-8-17/h1-4,12,16-17H,5-9,14H2,(H,18,19)/t12-/m0/s1/i5D2,6D2,7D2,8D2. The molecule has 0 aromatic heterocycles. The summed E-state index contributed by atoms with van der Waals surface area (Å²) in [5.74, 6) is -1.25. The Morgan fingerprint density at radius 1 is 1.26 bits per heavy atom. The number of anilines is 1. The van der Waals surface area contributed by atoms with Gasteiger partial charge >= 0.3 is 5.97 Å². The van der Waals surface area contributed by atoms with Crippen molar-refractivity contribution in [3.63, 3.8) is 0 Å². The number of carboxylic acids is 1. The van der Waals surface area contributed by atoms with Crippen LogP contribution in [0.3, 0.4) is 0 Å². The fourth-order valence-electron chi connectivity index (χ4n) is 1.38. The first-order valence-electron chi connectivity index (χ1n) is 9.25. The topological polar surface area (TPSA) is 107 Å². The van der Waals surface area contributed by atoms with Crippen LogP contribution in [0.15, 0.2) is 24.3 Å². The summed E-state index contributed by atoms with van der Waals surface area (Å²) in [6.07, 6.45) is -0.100. The molecule has 1 atom stereocenters. The molecule has 1 rings (SSSR count). The molecule has 6 heteroatoms. The minimum atomic E-state index is -3.63. The van der Waals surface area contributed by atoms with Gasteiger partial charge in [0.25, 0.3) is 0 Å². The van der Waals surface area contributed by atoms with Crippen LogP contribution in [-0.4, -0.2) is 53.4 Å². The first-order valence-corrected chi connectivity index (χ1v) is 5.25. The first kappa shape index (κ1) is 7.23. The quantitative estimate of drug-likeness (QED) is 0.507. The zero-order valence-corrected chi connectivity index (χ0v) is 9.87. The van der Waals surface area contributed by atoms with Crippen LogP contribution < -0.4 is 10.6 Å². The molecule has 0 aliphatic carbocycles. The molecule has 0 fully saturated rings. The Kier molecular flexibility index (Phi) is 2.94. The molecule has 19 heavy (non-hydrogen) atoms. The lowest BCUT2D eigenvalue weighted by Crippen LogP contribution is -2.32. The lowest BCUT2D eigenvalue weighted by atomic mass is 10.1. The Morgan fingerprint density at radius 2 is 1.79 bits per heavy atom. The van der Waals surface area contributed by atoms with Gasteiger partial charge in [0.2, 0.25) is 0 Å². The maximum absolute atomic E-state index is 10.8. The van der Waals surface area contributed by atoms with E-state index >= 15 is 0 Å². The second-order valence-electron chi connectivity index (χ2n) is 3.60. The molecule has 0 bridgehead atoms. The minimum Gasteiger partial charge on any atom is -0.480 e. The third kappa shape index (κ3) is 4.86. The number of rotatable bonds is 8. The molecule has 1 aromatic rings. The van der Waals surface area contributed by atoms with Crippen LogP contribution in [0.25, 0.3) is 0 Å². The Bertz CT molecular complexity index is 646. The first-order chi connectivity index (χ1) is 11.9. The van der Waals surface area contributed by atoms with Crippen molar-refractivity contribution in [3.8, 4) is 0 Å². The molecule has 0 unspecified atom stereocenters. The largest absolute Gasteiger partial charge is 0.480 e. The van der Waals surface area contributed by atoms with Crippen molar-refractivity contribution in [1.82, 2.24) is 0 Å². The van der Waals surface area contributed by atoms with Crippen LogP contribution in [0, 0.1) is 0 Å². The van der Waals surface area contributed by atoms with E-state index < -0.39 is 43.8 Å². The Labute approximate surface area is 123 Å². The van der Waals surface area contributed by atoms with Gasteiger partial charge in [-0.2, -0.15) is 0 Å². The van der Waals surface area contributed by atoms with Crippen LogP contribution in [-0.2, 0) is 11.2 Å². The van der Waals surface area contributed by atoms with Crippen molar-refractivity contribution in [2.75, 3.05) is 31.0 Å². The highest BCUT2D eigenvalue weighted by Gasteiger charge is 2.12. The van der Waals surface area contributed by atoms with Crippen molar-refractivity contribution in [1.29, 1.82) is 0 Å². The number of hydrogen-bond donors (Lipinski definition) is 4. The average molecular weight is 276 g/mol. The van der Waals surface area contributed by atoms with Gasteiger partial charge < -0.3 is 26.0 Å². The molecule has 0 saturated carbocycles. The minimum absolute atomic E-state index is 0.0547. The van der Waals surface area contributed by atoms with E-state index in [4.69, 9.17) is 21.8 Å². The third-order valence-corrected chi connectivity index (χ3v) is 2.29. The highest BCUT2D eigenvalue weighted by molar-refractivity contribution is 5.73. The summed E-state index contributed by atoms with van der Waals surface area (Å²) < 4.78 is 60.1. The summed E-state index contributed by atoms with van der Waals surface area (Å²) in [7, 11) is 0. The molecular formula is C13H20N2O4. The summed E-state index contributed by atoms with van der Waals surface area (Å²) in [6.45, 7) is -14.2. The molecule has 0 amide bonds. The molecule has 6 nitrogen and oxygen atoms in total. The third-order valence-electron chi connectivity index (χ3n) is 2.29. The highest BCUT2D eigenvalue weighted by Crippen LogP contribution is 2.15. The van der Waals surface area contributed by atoms with Gasteiger partial charge in [-0.15, -0.1) is 0 Å². The monoisotopic (exact) mass is 276 g/mol. The number of aliphatic hydroxyl groups is 2. The van der Waals surface area contributed by atoms with Crippen LogP contribution in [0.1, 0.15) is 16.5 Å². The number of nitrogens with zero attached hydrogens (tertiary/aromatic N) is 1. The fraction of sp³-hybridized carbons (Fsp3) is 0.462. The molecule has 0 spiro atoms. The van der Waals surface area contributed by atoms with Crippen molar-refractivity contribution in [2.24, 2.45) is 5.73 Å². The zero-order valence-electron chi connectivity index (χ0n) is 17.9.